The number of hydrazine groups is 1. The summed E-state index contributed by atoms with van der Waals surface area (Å²) < 4.78 is 34.5. The van der Waals surface area contributed by atoms with Gasteiger partial charge in [-0.1, -0.05) is 44.2 Å². The lowest BCUT2D eigenvalue weighted by Gasteiger charge is -2.32. The minimum atomic E-state index is -3.86. The molecule has 1 fully saturated rings. The second kappa shape index (κ2) is 17.4. The van der Waals surface area contributed by atoms with Crippen LogP contribution in [0.25, 0.3) is 0 Å². The molecule has 1 saturated heterocycles. The van der Waals surface area contributed by atoms with Gasteiger partial charge in [0, 0.05) is 25.0 Å². The van der Waals surface area contributed by atoms with E-state index < -0.39 is 21.4 Å². The summed E-state index contributed by atoms with van der Waals surface area (Å²) in [5, 5.41) is 15.1. The summed E-state index contributed by atoms with van der Waals surface area (Å²) in [5.41, 5.74) is 8.31. The number of sulfonamides is 1. The first-order chi connectivity index (χ1) is 20.8. The van der Waals surface area contributed by atoms with Crippen LogP contribution in [0, 0.1) is 18.3 Å². The quantitative estimate of drug-likeness (QED) is 0.137. The minimum Gasteiger partial charge on any atom is -0.492 e. The Morgan fingerprint density at radius 2 is 1.86 bits per heavy atom. The van der Waals surface area contributed by atoms with Gasteiger partial charge in [-0.05, 0) is 107 Å². The number of benzene rings is 2. The topological polar surface area (TPSA) is 160 Å². The number of ether oxygens (including phenoxy) is 1. The second-order valence-electron chi connectivity index (χ2n) is 11.6. The number of aliphatic carboxylic acids is 1. The molecule has 0 bridgehead atoms. The van der Waals surface area contributed by atoms with Crippen molar-refractivity contribution in [3.8, 4) is 5.75 Å². The van der Waals surface area contributed by atoms with Crippen molar-refractivity contribution < 1.29 is 23.1 Å². The van der Waals surface area contributed by atoms with Gasteiger partial charge in [0.1, 0.15) is 10.6 Å². The first-order valence-electron chi connectivity index (χ1n) is 15.6. The van der Waals surface area contributed by atoms with E-state index in [1.54, 1.807) is 50.2 Å². The number of para-hydroxylation sites is 1. The molecule has 0 saturated carbocycles. The highest BCUT2D eigenvalue weighted by molar-refractivity contribution is 7.89. The Morgan fingerprint density at radius 3 is 2.50 bits per heavy atom. The summed E-state index contributed by atoms with van der Waals surface area (Å²) in [5.74, 6) is 5.73. The molecule has 1 aliphatic rings. The van der Waals surface area contributed by atoms with E-state index in [1.165, 1.54) is 6.07 Å². The van der Waals surface area contributed by atoms with Crippen molar-refractivity contribution in [2.75, 3.05) is 26.2 Å². The Labute approximate surface area is 264 Å². The van der Waals surface area contributed by atoms with Gasteiger partial charge in [-0.3, -0.25) is 4.79 Å². The van der Waals surface area contributed by atoms with Gasteiger partial charge in [-0.25, -0.2) is 19.0 Å². The molecule has 0 aliphatic carbocycles. The van der Waals surface area contributed by atoms with Crippen molar-refractivity contribution in [1.82, 2.24) is 15.0 Å². The molecule has 10 nitrogen and oxygen atoms in total. The number of carboxylic acid groups (broad SMARTS) is 1. The summed E-state index contributed by atoms with van der Waals surface area (Å²) >= 11 is 0. The number of allylic oxidation sites excluding steroid dienone is 1. The highest BCUT2D eigenvalue weighted by atomic mass is 32.2. The van der Waals surface area contributed by atoms with E-state index in [2.05, 4.69) is 10.0 Å². The van der Waals surface area contributed by atoms with Crippen LogP contribution in [-0.4, -0.2) is 50.7 Å². The number of hydrogen-bond acceptors (Lipinski definition) is 8. The van der Waals surface area contributed by atoms with Crippen LogP contribution in [0.3, 0.4) is 0 Å². The van der Waals surface area contributed by atoms with Crippen LogP contribution in [-0.2, 0) is 21.4 Å². The van der Waals surface area contributed by atoms with Crippen LogP contribution in [0.5, 0.6) is 5.75 Å². The zero-order valence-corrected chi connectivity index (χ0v) is 28.0. The molecule has 1 atom stereocenters. The van der Waals surface area contributed by atoms with E-state index in [-0.39, 0.29) is 17.4 Å². The fourth-order valence-electron chi connectivity index (χ4n) is 5.39. The molecule has 0 aromatic heterocycles. The van der Waals surface area contributed by atoms with Crippen molar-refractivity contribution in [3.05, 3.63) is 71.1 Å². The van der Waals surface area contributed by atoms with E-state index >= 15 is 0 Å². The van der Waals surface area contributed by atoms with E-state index in [1.807, 2.05) is 39.0 Å². The molecular weight excluding hydrogens is 578 g/mol. The third kappa shape index (κ3) is 10.5. The first kappa shape index (κ1) is 37.1. The van der Waals surface area contributed by atoms with Gasteiger partial charge in [-0.15, -0.1) is 0 Å². The average molecular weight is 632 g/mol. The maximum absolute atomic E-state index is 13.2. The molecule has 1 aliphatic heterocycles. The second-order valence-corrected chi connectivity index (χ2v) is 13.3. The highest BCUT2D eigenvalue weighted by Gasteiger charge is 2.38. The maximum Gasteiger partial charge on any atom is 0.309 e. The summed E-state index contributed by atoms with van der Waals surface area (Å²) in [7, 11) is -3.86. The van der Waals surface area contributed by atoms with E-state index in [0.29, 0.717) is 36.8 Å². The summed E-state index contributed by atoms with van der Waals surface area (Å²) in [6, 6.07) is 12.2. The molecule has 1 heterocycles. The zero-order chi connectivity index (χ0) is 32.9. The van der Waals surface area contributed by atoms with Crippen molar-refractivity contribution in [1.29, 1.82) is 0 Å². The predicted molar refractivity (Wildman–Crippen MR) is 176 cm³/mol. The summed E-state index contributed by atoms with van der Waals surface area (Å²) in [6.07, 6.45) is 4.84. The van der Waals surface area contributed by atoms with Crippen molar-refractivity contribution >= 4 is 16.0 Å². The average Bonchev–Trinajstić information content (AvgIpc) is 2.99. The van der Waals surface area contributed by atoms with Gasteiger partial charge in [0.05, 0.1) is 12.0 Å². The van der Waals surface area contributed by atoms with Crippen molar-refractivity contribution in [2.45, 2.75) is 84.6 Å². The molecule has 2 aromatic rings. The highest BCUT2D eigenvalue weighted by Crippen LogP contribution is 2.40. The molecule has 0 radical (unpaired) electrons. The molecule has 3 rings (SSSR count). The predicted octanol–water partition coefficient (Wildman–Crippen LogP) is 4.85. The molecule has 0 spiro atoms. The van der Waals surface area contributed by atoms with Crippen LogP contribution < -0.4 is 26.4 Å². The Bertz CT molecular complexity index is 1340. The van der Waals surface area contributed by atoms with Gasteiger partial charge in [-0.2, -0.15) is 0 Å². The molecule has 1 unspecified atom stereocenters. The number of piperidine rings is 1. The molecule has 246 valence electrons. The lowest BCUT2D eigenvalue weighted by Crippen LogP contribution is -2.37. The molecule has 44 heavy (non-hydrogen) atoms. The number of nitrogens with zero attached hydrogens (tertiary/aromatic N) is 1. The number of aryl methyl sites for hydroxylation is 1. The minimum absolute atomic E-state index is 0.0452. The van der Waals surface area contributed by atoms with Gasteiger partial charge in [0.25, 0.3) is 0 Å². The van der Waals surface area contributed by atoms with Gasteiger partial charge >= 0.3 is 5.97 Å². The van der Waals surface area contributed by atoms with Crippen LogP contribution in [0.1, 0.15) is 82.9 Å². The Kier molecular flexibility index (Phi) is 14.6. The van der Waals surface area contributed by atoms with Crippen molar-refractivity contribution in [2.24, 2.45) is 22.9 Å². The lowest BCUT2D eigenvalue weighted by molar-refractivity contribution is -0.148. The van der Waals surface area contributed by atoms with Crippen LogP contribution in [0.2, 0.25) is 0 Å². The van der Waals surface area contributed by atoms with Gasteiger partial charge in [0.15, 0.2) is 0 Å². The van der Waals surface area contributed by atoms with Crippen LogP contribution >= 0.6 is 0 Å². The molecular formula is C33H53N5O5S. The molecule has 7 N–H and O–H groups in total. The zero-order valence-electron chi connectivity index (χ0n) is 27.2. The Morgan fingerprint density at radius 1 is 1.20 bits per heavy atom. The molecule has 0 amide bonds. The monoisotopic (exact) mass is 631 g/mol. The number of nitrogens with one attached hydrogen (secondary N) is 2. The van der Waals surface area contributed by atoms with Crippen LogP contribution in [0.4, 0.5) is 0 Å². The summed E-state index contributed by atoms with van der Waals surface area (Å²) in [6.45, 7) is 14.2. The first-order valence-corrected chi connectivity index (χ1v) is 17.1. The molecule has 11 heteroatoms. The normalized spacial score (nSPS) is 15.2. The fraction of sp³-hybridized carbons (Fsp3) is 0.545. The third-order valence-electron chi connectivity index (χ3n) is 8.07. The third-order valence-corrected chi connectivity index (χ3v) is 9.51. The van der Waals surface area contributed by atoms with E-state index in [0.717, 1.165) is 49.2 Å². The largest absolute Gasteiger partial charge is 0.492 e. The van der Waals surface area contributed by atoms with Crippen LogP contribution in [0.15, 0.2) is 59.3 Å². The fourth-order valence-corrected chi connectivity index (χ4v) is 6.54. The number of hydrogen-bond donors (Lipinski definition) is 5. The standard InChI is InChI=1S/C31H47N5O5S.C2H6/c1-5-41-28-8-6-7-9-29(28)42(39,40)35-19-25-18-24(11-10-22(25)2)27(31(3,4)30(37)38)13-12-26(32)21-36(33)20-23-14-16-34-17-15-23;1-2/h6-11,18,21,23,27,34-35H,5,12-17,19-20,32-33H2,1-4H3,(H,37,38);1-2H3/b26-21-;. The van der Waals surface area contributed by atoms with E-state index in [4.69, 9.17) is 16.3 Å². The number of nitrogens with two attached hydrogens (primary N) is 2. The Balaban J connectivity index is 0.00000330. The Hall–Kier alpha value is -3.12. The summed E-state index contributed by atoms with van der Waals surface area (Å²) in [4.78, 5) is 12.4. The van der Waals surface area contributed by atoms with E-state index in [9.17, 15) is 18.3 Å². The maximum atomic E-state index is 13.2. The molecule has 2 aromatic carbocycles. The van der Waals surface area contributed by atoms with Crippen molar-refractivity contribution in [3.63, 3.8) is 0 Å². The SMILES string of the molecule is CC.CCOc1ccccc1S(=O)(=O)NCc1cc(C(CC/C(N)=C/N(N)CC2CCNCC2)C(C)(C)C(=O)O)ccc1C. The lowest BCUT2D eigenvalue weighted by atomic mass is 9.72. The smallest absolute Gasteiger partial charge is 0.309 e. The van der Waals surface area contributed by atoms with Gasteiger partial charge < -0.3 is 25.9 Å². The number of carboxylic acids is 1. The number of carbonyl (C=O) groups is 1. The van der Waals surface area contributed by atoms with Gasteiger partial charge in [0.2, 0.25) is 10.0 Å². The number of rotatable bonds is 15.